The standard InChI is InChI=1S/C11H14BrNS/c1-8-2-3-9(7-13-8)6-11-10(12)4-5-14-11/h4-6,8,13H,2-3,7H2,1H3/b9-6-. The molecule has 0 amide bonds. The summed E-state index contributed by atoms with van der Waals surface area (Å²) in [6.45, 7) is 3.29. The van der Waals surface area contributed by atoms with Gasteiger partial charge in [0.15, 0.2) is 0 Å². The topological polar surface area (TPSA) is 12.0 Å². The SMILES string of the molecule is CC1CC/C(=C/c2sccc2Br)CN1. The van der Waals surface area contributed by atoms with Crippen LogP contribution in [0.4, 0.5) is 0 Å². The van der Waals surface area contributed by atoms with Crippen LogP contribution in [0.15, 0.2) is 21.5 Å². The van der Waals surface area contributed by atoms with Gasteiger partial charge in [-0.2, -0.15) is 0 Å². The van der Waals surface area contributed by atoms with E-state index >= 15 is 0 Å². The second-order valence-corrected chi connectivity index (χ2v) is 5.56. The van der Waals surface area contributed by atoms with Crippen molar-refractivity contribution in [1.29, 1.82) is 0 Å². The lowest BCUT2D eigenvalue weighted by molar-refractivity contribution is 0.488. The predicted octanol–water partition coefficient (Wildman–Crippen LogP) is 3.67. The molecule has 14 heavy (non-hydrogen) atoms. The molecule has 1 nitrogen and oxygen atoms in total. The van der Waals surface area contributed by atoms with E-state index in [1.165, 1.54) is 27.8 Å². The van der Waals surface area contributed by atoms with E-state index in [9.17, 15) is 0 Å². The first-order chi connectivity index (χ1) is 6.75. The predicted molar refractivity (Wildman–Crippen MR) is 66.7 cm³/mol. The van der Waals surface area contributed by atoms with Crippen LogP contribution in [0.2, 0.25) is 0 Å². The molecule has 0 aromatic carbocycles. The van der Waals surface area contributed by atoms with Crippen LogP contribution in [0, 0.1) is 0 Å². The number of halogens is 1. The van der Waals surface area contributed by atoms with Crippen LogP contribution in [0.25, 0.3) is 6.08 Å². The van der Waals surface area contributed by atoms with Crippen molar-refractivity contribution in [2.24, 2.45) is 0 Å². The Morgan fingerprint density at radius 3 is 3.07 bits per heavy atom. The molecule has 0 saturated carbocycles. The van der Waals surface area contributed by atoms with Crippen LogP contribution >= 0.6 is 27.3 Å². The molecule has 1 aliphatic rings. The Balaban J connectivity index is 2.08. The van der Waals surface area contributed by atoms with Gasteiger partial charge in [0.25, 0.3) is 0 Å². The molecule has 1 aromatic heterocycles. The number of piperidine rings is 1. The van der Waals surface area contributed by atoms with E-state index < -0.39 is 0 Å². The molecule has 1 aliphatic heterocycles. The third-order valence-corrected chi connectivity index (χ3v) is 4.37. The fourth-order valence-electron chi connectivity index (χ4n) is 1.61. The first-order valence-corrected chi connectivity index (χ1v) is 6.59. The Morgan fingerprint density at radius 1 is 1.64 bits per heavy atom. The lowest BCUT2D eigenvalue weighted by atomic mass is 10.0. The normalized spacial score (nSPS) is 25.6. The molecular formula is C11H14BrNS. The van der Waals surface area contributed by atoms with E-state index in [4.69, 9.17) is 0 Å². The first kappa shape index (κ1) is 10.4. The van der Waals surface area contributed by atoms with E-state index in [1.807, 2.05) is 0 Å². The van der Waals surface area contributed by atoms with Gasteiger partial charge in [-0.1, -0.05) is 5.57 Å². The fourth-order valence-corrected chi connectivity index (χ4v) is 3.08. The lowest BCUT2D eigenvalue weighted by Crippen LogP contribution is -2.32. The minimum atomic E-state index is 0.680. The highest BCUT2D eigenvalue weighted by Gasteiger charge is 2.11. The second-order valence-electron chi connectivity index (χ2n) is 3.76. The van der Waals surface area contributed by atoms with Gasteiger partial charge < -0.3 is 5.32 Å². The van der Waals surface area contributed by atoms with Crippen molar-refractivity contribution >= 4 is 33.3 Å². The van der Waals surface area contributed by atoms with Crippen molar-refractivity contribution in [2.75, 3.05) is 6.54 Å². The van der Waals surface area contributed by atoms with Gasteiger partial charge in [-0.15, -0.1) is 11.3 Å². The monoisotopic (exact) mass is 271 g/mol. The molecule has 2 heterocycles. The van der Waals surface area contributed by atoms with Crippen molar-refractivity contribution < 1.29 is 0 Å². The molecule has 76 valence electrons. The molecule has 1 N–H and O–H groups in total. The molecular weight excluding hydrogens is 258 g/mol. The van der Waals surface area contributed by atoms with Gasteiger partial charge >= 0.3 is 0 Å². The number of nitrogens with one attached hydrogen (secondary N) is 1. The quantitative estimate of drug-likeness (QED) is 0.822. The van der Waals surface area contributed by atoms with Crippen LogP contribution < -0.4 is 5.32 Å². The van der Waals surface area contributed by atoms with E-state index in [2.05, 4.69) is 45.7 Å². The van der Waals surface area contributed by atoms with Crippen LogP contribution in [-0.4, -0.2) is 12.6 Å². The zero-order valence-electron chi connectivity index (χ0n) is 8.22. The van der Waals surface area contributed by atoms with Gasteiger partial charge in [0, 0.05) is 21.9 Å². The van der Waals surface area contributed by atoms with Gasteiger partial charge in [-0.25, -0.2) is 0 Å². The van der Waals surface area contributed by atoms with Gasteiger partial charge in [-0.3, -0.25) is 0 Å². The maximum Gasteiger partial charge on any atom is 0.0412 e. The number of hydrogen-bond acceptors (Lipinski definition) is 2. The zero-order valence-corrected chi connectivity index (χ0v) is 10.6. The highest BCUT2D eigenvalue weighted by Crippen LogP contribution is 2.26. The molecule has 1 unspecified atom stereocenters. The van der Waals surface area contributed by atoms with E-state index in [0.29, 0.717) is 6.04 Å². The molecule has 2 rings (SSSR count). The number of hydrogen-bond donors (Lipinski definition) is 1. The summed E-state index contributed by atoms with van der Waals surface area (Å²) in [5.74, 6) is 0. The third kappa shape index (κ3) is 2.47. The Bertz CT molecular complexity index is 333. The summed E-state index contributed by atoms with van der Waals surface area (Å²) in [6, 6.07) is 2.79. The van der Waals surface area contributed by atoms with Crippen molar-refractivity contribution in [2.45, 2.75) is 25.8 Å². The summed E-state index contributed by atoms with van der Waals surface area (Å²) < 4.78 is 1.22. The number of rotatable bonds is 1. The second kappa shape index (κ2) is 4.60. The molecule has 0 bridgehead atoms. The highest BCUT2D eigenvalue weighted by molar-refractivity contribution is 9.10. The molecule has 1 fully saturated rings. The highest BCUT2D eigenvalue weighted by atomic mass is 79.9. The Labute approximate surface area is 97.3 Å². The zero-order chi connectivity index (χ0) is 9.97. The molecule has 0 spiro atoms. The Kier molecular flexibility index (Phi) is 3.42. The lowest BCUT2D eigenvalue weighted by Gasteiger charge is -2.22. The molecule has 3 heteroatoms. The summed E-state index contributed by atoms with van der Waals surface area (Å²) >= 11 is 5.34. The van der Waals surface area contributed by atoms with Gasteiger partial charge in [-0.05, 0) is 53.2 Å². The van der Waals surface area contributed by atoms with Crippen molar-refractivity contribution in [1.82, 2.24) is 5.32 Å². The summed E-state index contributed by atoms with van der Waals surface area (Å²) in [6.07, 6.45) is 4.81. The first-order valence-electron chi connectivity index (χ1n) is 4.91. The smallest absolute Gasteiger partial charge is 0.0412 e. The van der Waals surface area contributed by atoms with Crippen LogP contribution in [0.5, 0.6) is 0 Å². The van der Waals surface area contributed by atoms with Gasteiger partial charge in [0.2, 0.25) is 0 Å². The molecule has 0 radical (unpaired) electrons. The Hall–Kier alpha value is -0.120. The maximum absolute atomic E-state index is 3.55. The maximum atomic E-state index is 3.55. The summed E-state index contributed by atoms with van der Waals surface area (Å²) in [5.41, 5.74) is 1.52. The van der Waals surface area contributed by atoms with Crippen LogP contribution in [0.3, 0.4) is 0 Å². The van der Waals surface area contributed by atoms with Crippen LogP contribution in [-0.2, 0) is 0 Å². The summed E-state index contributed by atoms with van der Waals surface area (Å²) in [4.78, 5) is 1.34. The molecule has 1 atom stereocenters. The van der Waals surface area contributed by atoms with Gasteiger partial charge in [0.1, 0.15) is 0 Å². The largest absolute Gasteiger partial charge is 0.311 e. The number of thiophene rings is 1. The van der Waals surface area contributed by atoms with Crippen molar-refractivity contribution in [3.05, 3.63) is 26.4 Å². The minimum Gasteiger partial charge on any atom is -0.311 e. The van der Waals surface area contributed by atoms with E-state index in [-0.39, 0.29) is 0 Å². The van der Waals surface area contributed by atoms with Crippen molar-refractivity contribution in [3.63, 3.8) is 0 Å². The fraction of sp³-hybridized carbons (Fsp3) is 0.455. The third-order valence-electron chi connectivity index (χ3n) is 2.56. The average molecular weight is 272 g/mol. The molecule has 1 saturated heterocycles. The molecule has 0 aliphatic carbocycles. The minimum absolute atomic E-state index is 0.680. The van der Waals surface area contributed by atoms with Crippen LogP contribution in [0.1, 0.15) is 24.6 Å². The van der Waals surface area contributed by atoms with Gasteiger partial charge in [0.05, 0.1) is 0 Å². The summed E-state index contributed by atoms with van der Waals surface area (Å²) in [5, 5.41) is 5.61. The molecule has 1 aromatic rings. The van der Waals surface area contributed by atoms with E-state index in [0.717, 1.165) is 6.54 Å². The average Bonchev–Trinajstić information content (AvgIpc) is 2.56. The summed E-state index contributed by atoms with van der Waals surface area (Å²) in [7, 11) is 0. The van der Waals surface area contributed by atoms with Crippen molar-refractivity contribution in [3.8, 4) is 0 Å². The Morgan fingerprint density at radius 2 is 2.50 bits per heavy atom. The van der Waals surface area contributed by atoms with E-state index in [1.54, 1.807) is 11.3 Å².